The van der Waals surface area contributed by atoms with Crippen LogP contribution in [0.4, 0.5) is 17.2 Å². The van der Waals surface area contributed by atoms with Gasteiger partial charge in [-0.2, -0.15) is 5.10 Å². The predicted octanol–water partition coefficient (Wildman–Crippen LogP) is 1.13. The van der Waals surface area contributed by atoms with E-state index in [1.54, 1.807) is 18.2 Å². The van der Waals surface area contributed by atoms with Gasteiger partial charge in [0.15, 0.2) is 0 Å². The zero-order valence-corrected chi connectivity index (χ0v) is 9.32. The summed E-state index contributed by atoms with van der Waals surface area (Å²) in [6.45, 7) is 1.87. The molecule has 0 unspecified atom stereocenters. The minimum atomic E-state index is -0.302. The number of aryl methyl sites for hydroxylation is 1. The Hall–Kier alpha value is -2.50. The van der Waals surface area contributed by atoms with Crippen LogP contribution in [0.5, 0.6) is 0 Å². The summed E-state index contributed by atoms with van der Waals surface area (Å²) < 4.78 is 0. The van der Waals surface area contributed by atoms with Crippen LogP contribution in [0.25, 0.3) is 0 Å². The van der Waals surface area contributed by atoms with E-state index < -0.39 is 0 Å². The van der Waals surface area contributed by atoms with Crippen molar-refractivity contribution >= 4 is 23.1 Å². The van der Waals surface area contributed by atoms with Crippen molar-refractivity contribution in [3.63, 3.8) is 0 Å². The standard InChI is InChI=1S/C11H13N5O/c1-6-4-7(12)2-3-9(6)15-11(17)8-5-14-16-10(8)13/h2-5H,12H2,1H3,(H,15,17)(H3,13,14,16). The Morgan fingerprint density at radius 3 is 2.76 bits per heavy atom. The van der Waals surface area contributed by atoms with Crippen molar-refractivity contribution in [1.29, 1.82) is 0 Å². The number of hydrogen-bond donors (Lipinski definition) is 4. The molecule has 1 aromatic carbocycles. The number of H-pyrrole nitrogens is 1. The van der Waals surface area contributed by atoms with Gasteiger partial charge in [0.1, 0.15) is 11.4 Å². The zero-order chi connectivity index (χ0) is 12.4. The lowest BCUT2D eigenvalue weighted by Gasteiger charge is -2.08. The van der Waals surface area contributed by atoms with Gasteiger partial charge in [-0.3, -0.25) is 9.89 Å². The minimum Gasteiger partial charge on any atom is -0.399 e. The summed E-state index contributed by atoms with van der Waals surface area (Å²) in [5, 5.41) is 8.94. The number of nitrogens with two attached hydrogens (primary N) is 2. The van der Waals surface area contributed by atoms with Gasteiger partial charge in [0.2, 0.25) is 0 Å². The third-order valence-electron chi connectivity index (χ3n) is 2.41. The predicted molar refractivity (Wildman–Crippen MR) is 66.5 cm³/mol. The number of aromatic amines is 1. The molecule has 0 bridgehead atoms. The Balaban J connectivity index is 2.22. The maximum Gasteiger partial charge on any atom is 0.261 e. The number of carbonyl (C=O) groups is 1. The summed E-state index contributed by atoms with van der Waals surface area (Å²) in [6.07, 6.45) is 1.39. The topological polar surface area (TPSA) is 110 Å². The molecule has 88 valence electrons. The quantitative estimate of drug-likeness (QED) is 0.581. The van der Waals surface area contributed by atoms with Crippen LogP contribution in [0.3, 0.4) is 0 Å². The van der Waals surface area contributed by atoms with Gasteiger partial charge >= 0.3 is 0 Å². The Kier molecular flexibility index (Phi) is 2.70. The maximum absolute atomic E-state index is 11.9. The molecule has 0 atom stereocenters. The van der Waals surface area contributed by atoms with E-state index in [1.807, 2.05) is 6.92 Å². The summed E-state index contributed by atoms with van der Waals surface area (Å²) in [7, 11) is 0. The van der Waals surface area contributed by atoms with Crippen LogP contribution in [0, 0.1) is 6.92 Å². The van der Waals surface area contributed by atoms with Gasteiger partial charge < -0.3 is 16.8 Å². The Morgan fingerprint density at radius 1 is 1.41 bits per heavy atom. The molecule has 1 amide bonds. The van der Waals surface area contributed by atoms with Crippen LogP contribution in [0.2, 0.25) is 0 Å². The monoisotopic (exact) mass is 231 g/mol. The highest BCUT2D eigenvalue weighted by atomic mass is 16.1. The highest BCUT2D eigenvalue weighted by Gasteiger charge is 2.12. The SMILES string of the molecule is Cc1cc(N)ccc1NC(=O)c1cn[nH]c1N. The second kappa shape index (κ2) is 4.17. The van der Waals surface area contributed by atoms with Crippen LogP contribution in [0.15, 0.2) is 24.4 Å². The van der Waals surface area contributed by atoms with E-state index in [-0.39, 0.29) is 11.7 Å². The summed E-state index contributed by atoms with van der Waals surface area (Å²) >= 11 is 0. The maximum atomic E-state index is 11.9. The Bertz CT molecular complexity index is 561. The van der Waals surface area contributed by atoms with Crippen molar-refractivity contribution in [3.8, 4) is 0 Å². The number of carbonyl (C=O) groups excluding carboxylic acids is 1. The van der Waals surface area contributed by atoms with Crippen LogP contribution in [-0.2, 0) is 0 Å². The number of nitrogen functional groups attached to an aromatic ring is 2. The van der Waals surface area contributed by atoms with Gasteiger partial charge in [-0.15, -0.1) is 0 Å². The van der Waals surface area contributed by atoms with Crippen LogP contribution in [0.1, 0.15) is 15.9 Å². The third kappa shape index (κ3) is 2.20. The molecule has 0 spiro atoms. The summed E-state index contributed by atoms with van der Waals surface area (Å²) in [6, 6.07) is 5.26. The summed E-state index contributed by atoms with van der Waals surface area (Å²) in [4.78, 5) is 11.9. The van der Waals surface area contributed by atoms with Crippen LogP contribution < -0.4 is 16.8 Å². The van der Waals surface area contributed by atoms with Crippen molar-refractivity contribution < 1.29 is 4.79 Å². The number of hydrogen-bond acceptors (Lipinski definition) is 4. The number of amides is 1. The van der Waals surface area contributed by atoms with Crippen molar-refractivity contribution in [3.05, 3.63) is 35.5 Å². The molecular formula is C11H13N5O. The fourth-order valence-corrected chi connectivity index (χ4v) is 1.49. The molecular weight excluding hydrogens is 218 g/mol. The van der Waals surface area contributed by atoms with Gasteiger partial charge in [0.05, 0.1) is 6.20 Å². The molecule has 2 aromatic rings. The molecule has 6 heteroatoms. The lowest BCUT2D eigenvalue weighted by Crippen LogP contribution is -2.13. The first-order chi connectivity index (χ1) is 8.08. The van der Waals surface area contributed by atoms with E-state index in [2.05, 4.69) is 15.5 Å². The summed E-state index contributed by atoms with van der Waals surface area (Å²) in [5.41, 5.74) is 13.8. The minimum absolute atomic E-state index is 0.246. The second-order valence-electron chi connectivity index (χ2n) is 3.73. The van der Waals surface area contributed by atoms with Crippen LogP contribution >= 0.6 is 0 Å². The molecule has 0 radical (unpaired) electrons. The molecule has 2 rings (SSSR count). The van der Waals surface area contributed by atoms with Gasteiger partial charge in [-0.25, -0.2) is 0 Å². The molecule has 0 saturated heterocycles. The molecule has 1 aromatic heterocycles. The van der Waals surface area contributed by atoms with Gasteiger partial charge in [-0.05, 0) is 30.7 Å². The van der Waals surface area contributed by atoms with E-state index in [0.29, 0.717) is 16.9 Å². The molecule has 0 fully saturated rings. The first-order valence-corrected chi connectivity index (χ1v) is 5.04. The van der Waals surface area contributed by atoms with Crippen molar-refractivity contribution in [2.45, 2.75) is 6.92 Å². The van der Waals surface area contributed by atoms with Crippen LogP contribution in [-0.4, -0.2) is 16.1 Å². The van der Waals surface area contributed by atoms with Crippen molar-refractivity contribution in [1.82, 2.24) is 10.2 Å². The number of rotatable bonds is 2. The fourth-order valence-electron chi connectivity index (χ4n) is 1.49. The molecule has 0 saturated carbocycles. The average Bonchev–Trinajstić information content (AvgIpc) is 2.68. The summed E-state index contributed by atoms with van der Waals surface area (Å²) in [5.74, 6) is -0.0558. The lowest BCUT2D eigenvalue weighted by molar-refractivity contribution is 0.102. The number of anilines is 3. The first-order valence-electron chi connectivity index (χ1n) is 5.04. The molecule has 0 aliphatic carbocycles. The highest BCUT2D eigenvalue weighted by molar-refractivity contribution is 6.07. The highest BCUT2D eigenvalue weighted by Crippen LogP contribution is 2.19. The molecule has 6 nitrogen and oxygen atoms in total. The molecule has 1 heterocycles. The van der Waals surface area contributed by atoms with Gasteiger partial charge in [0.25, 0.3) is 5.91 Å². The number of nitrogens with one attached hydrogen (secondary N) is 2. The van der Waals surface area contributed by atoms with Crippen molar-refractivity contribution in [2.24, 2.45) is 0 Å². The van der Waals surface area contributed by atoms with E-state index in [0.717, 1.165) is 5.56 Å². The molecule has 6 N–H and O–H groups in total. The van der Waals surface area contributed by atoms with Gasteiger partial charge in [0, 0.05) is 11.4 Å². The first kappa shape index (κ1) is 11.0. The Morgan fingerprint density at radius 2 is 2.18 bits per heavy atom. The third-order valence-corrected chi connectivity index (χ3v) is 2.41. The fraction of sp³-hybridized carbons (Fsp3) is 0.0909. The largest absolute Gasteiger partial charge is 0.399 e. The average molecular weight is 231 g/mol. The molecule has 17 heavy (non-hydrogen) atoms. The normalized spacial score (nSPS) is 10.2. The van der Waals surface area contributed by atoms with E-state index >= 15 is 0 Å². The van der Waals surface area contributed by atoms with E-state index in [4.69, 9.17) is 11.5 Å². The van der Waals surface area contributed by atoms with E-state index in [9.17, 15) is 4.79 Å². The molecule has 0 aliphatic heterocycles. The lowest BCUT2D eigenvalue weighted by atomic mass is 10.1. The van der Waals surface area contributed by atoms with Gasteiger partial charge in [-0.1, -0.05) is 0 Å². The number of aromatic nitrogens is 2. The smallest absolute Gasteiger partial charge is 0.261 e. The zero-order valence-electron chi connectivity index (χ0n) is 9.32. The van der Waals surface area contributed by atoms with Crippen molar-refractivity contribution in [2.75, 3.05) is 16.8 Å². The Labute approximate surface area is 98.0 Å². The second-order valence-corrected chi connectivity index (χ2v) is 3.73. The van der Waals surface area contributed by atoms with E-state index in [1.165, 1.54) is 6.20 Å². The number of benzene rings is 1. The number of nitrogens with zero attached hydrogens (tertiary/aromatic N) is 1. The molecule has 0 aliphatic rings.